The van der Waals surface area contributed by atoms with Crippen molar-refractivity contribution in [3.05, 3.63) is 0 Å². The summed E-state index contributed by atoms with van der Waals surface area (Å²) in [5.41, 5.74) is 10.5. The molecule has 0 aliphatic carbocycles. The van der Waals surface area contributed by atoms with Gasteiger partial charge in [-0.05, 0) is 19.3 Å². The first-order valence-corrected chi connectivity index (χ1v) is 8.45. The number of hydrogen-bond acceptors (Lipinski definition) is 5. The predicted molar refractivity (Wildman–Crippen MR) is 63.8 cm³/mol. The van der Waals surface area contributed by atoms with Crippen molar-refractivity contribution in [2.24, 2.45) is 11.5 Å². The molecule has 0 radical (unpaired) electrons. The predicted octanol–water partition coefficient (Wildman–Crippen LogP) is -1.31. The monoisotopic (exact) mass is 304 g/mol. The summed E-state index contributed by atoms with van der Waals surface area (Å²) in [5, 5.41) is -2.05. The Kier molecular flexibility index (Phi) is 6.84. The van der Waals surface area contributed by atoms with Gasteiger partial charge >= 0.3 is 15.2 Å². The van der Waals surface area contributed by atoms with Crippen LogP contribution in [0.4, 0.5) is 0 Å². The Morgan fingerprint density at radius 1 is 1.06 bits per heavy atom. The molecule has 0 saturated carbocycles. The van der Waals surface area contributed by atoms with E-state index in [9.17, 15) is 13.9 Å². The van der Waals surface area contributed by atoms with Gasteiger partial charge in [-0.2, -0.15) is 0 Å². The minimum absolute atomic E-state index is 0.00773. The Bertz CT molecular complexity index is 354. The highest BCUT2D eigenvalue weighted by atomic mass is 31.2. The van der Waals surface area contributed by atoms with Gasteiger partial charge in [-0.25, -0.2) is 0 Å². The molecule has 0 saturated heterocycles. The third-order valence-corrected chi connectivity index (χ3v) is 6.24. The summed E-state index contributed by atoms with van der Waals surface area (Å²) < 4.78 is 21.9. The van der Waals surface area contributed by atoms with E-state index in [1.54, 1.807) is 0 Å². The minimum Gasteiger partial charge on any atom is -0.324 e. The van der Waals surface area contributed by atoms with Crippen molar-refractivity contribution >= 4 is 21.0 Å². The second-order valence-corrected chi connectivity index (χ2v) is 7.88. The average molecular weight is 304 g/mol. The maximum atomic E-state index is 11.0. The largest absolute Gasteiger partial charge is 0.340 e. The molecule has 1 unspecified atom stereocenters. The molecular weight excluding hydrogens is 286 g/mol. The van der Waals surface area contributed by atoms with E-state index < -0.39 is 38.8 Å². The highest BCUT2D eigenvalue weighted by molar-refractivity contribution is 7.70. The SMILES string of the molecule is NCC(=O)C(N)CCCC(P(=O)(O)O)P(=O)(O)O. The number of rotatable bonds is 8. The summed E-state index contributed by atoms with van der Waals surface area (Å²) in [7, 11) is -9.80. The summed E-state index contributed by atoms with van der Waals surface area (Å²) in [5.74, 6) is -0.418. The van der Waals surface area contributed by atoms with Crippen LogP contribution in [0.15, 0.2) is 0 Å². The Morgan fingerprint density at radius 2 is 1.50 bits per heavy atom. The van der Waals surface area contributed by atoms with Crippen molar-refractivity contribution in [3.8, 4) is 0 Å². The van der Waals surface area contributed by atoms with Crippen LogP contribution in [0, 0.1) is 0 Å². The van der Waals surface area contributed by atoms with E-state index in [2.05, 4.69) is 0 Å². The third kappa shape index (κ3) is 6.17. The molecule has 9 nitrogen and oxygen atoms in total. The number of carbonyl (C=O) groups excluding carboxylic acids is 1. The van der Waals surface area contributed by atoms with Gasteiger partial charge in [0.25, 0.3) is 0 Å². The molecule has 0 bridgehead atoms. The van der Waals surface area contributed by atoms with Crippen LogP contribution in [-0.4, -0.2) is 43.3 Å². The fourth-order valence-electron chi connectivity index (χ4n) is 1.36. The molecule has 8 N–H and O–H groups in total. The maximum absolute atomic E-state index is 11.0. The Hall–Kier alpha value is -0.110. The normalized spacial score (nSPS) is 14.8. The Balaban J connectivity index is 4.45. The van der Waals surface area contributed by atoms with Crippen LogP contribution < -0.4 is 11.5 Å². The van der Waals surface area contributed by atoms with Gasteiger partial charge in [0.2, 0.25) is 0 Å². The van der Waals surface area contributed by atoms with Crippen molar-refractivity contribution in [1.82, 2.24) is 0 Å². The van der Waals surface area contributed by atoms with Crippen LogP contribution in [0.3, 0.4) is 0 Å². The van der Waals surface area contributed by atoms with E-state index in [0.717, 1.165) is 0 Å². The van der Waals surface area contributed by atoms with Crippen LogP contribution in [0.25, 0.3) is 0 Å². The quantitative estimate of drug-likeness (QED) is 0.296. The van der Waals surface area contributed by atoms with Crippen molar-refractivity contribution in [1.29, 1.82) is 0 Å². The standard InChI is InChI=1S/C7H18N2O7P2/c8-4-6(10)5(9)2-1-3-7(17(11,12)13)18(14,15)16/h5,7H,1-4,8-9H2,(H2,11,12,13)(H2,14,15,16). The molecule has 0 fully saturated rings. The molecule has 0 spiro atoms. The third-order valence-electron chi connectivity index (χ3n) is 2.37. The van der Waals surface area contributed by atoms with Gasteiger partial charge in [-0.3, -0.25) is 13.9 Å². The van der Waals surface area contributed by atoms with Gasteiger partial charge in [0.1, 0.15) is 0 Å². The summed E-state index contributed by atoms with van der Waals surface area (Å²) >= 11 is 0. The number of ketones is 1. The highest BCUT2D eigenvalue weighted by Gasteiger charge is 2.42. The molecule has 0 heterocycles. The molecule has 1 atom stereocenters. The lowest BCUT2D eigenvalue weighted by molar-refractivity contribution is -0.119. The summed E-state index contributed by atoms with van der Waals surface area (Å²) in [6, 6.07) is -0.885. The first-order valence-electron chi connectivity index (χ1n) is 5.09. The van der Waals surface area contributed by atoms with Crippen LogP contribution >= 0.6 is 15.2 Å². The van der Waals surface area contributed by atoms with Crippen molar-refractivity contribution in [2.45, 2.75) is 30.7 Å². The smallest absolute Gasteiger partial charge is 0.324 e. The minimum atomic E-state index is -4.90. The van der Waals surface area contributed by atoms with Gasteiger partial charge in [0.15, 0.2) is 11.2 Å². The summed E-state index contributed by atoms with van der Waals surface area (Å²) in [6.45, 7) is -0.248. The van der Waals surface area contributed by atoms with E-state index >= 15 is 0 Å². The van der Waals surface area contributed by atoms with E-state index in [1.807, 2.05) is 0 Å². The fraction of sp³-hybridized carbons (Fsp3) is 0.857. The lowest BCUT2D eigenvalue weighted by atomic mass is 10.1. The first-order chi connectivity index (χ1) is 8.00. The van der Waals surface area contributed by atoms with E-state index in [0.29, 0.717) is 0 Å². The van der Waals surface area contributed by atoms with Gasteiger partial charge in [0, 0.05) is 0 Å². The molecular formula is C7H18N2O7P2. The van der Waals surface area contributed by atoms with Crippen molar-refractivity contribution in [3.63, 3.8) is 0 Å². The molecule has 108 valence electrons. The highest BCUT2D eigenvalue weighted by Crippen LogP contribution is 2.61. The fourth-order valence-corrected chi connectivity index (χ4v) is 3.97. The van der Waals surface area contributed by atoms with E-state index in [4.69, 9.17) is 31.0 Å². The molecule has 0 aromatic heterocycles. The van der Waals surface area contributed by atoms with Crippen molar-refractivity contribution < 1.29 is 33.5 Å². The second kappa shape index (κ2) is 6.88. The zero-order valence-electron chi connectivity index (χ0n) is 9.55. The number of hydrogen-bond donors (Lipinski definition) is 6. The lowest BCUT2D eigenvalue weighted by Crippen LogP contribution is -2.35. The first kappa shape index (κ1) is 17.9. The molecule has 18 heavy (non-hydrogen) atoms. The molecule has 0 aromatic carbocycles. The molecule has 0 amide bonds. The number of carbonyl (C=O) groups is 1. The van der Waals surface area contributed by atoms with Crippen molar-refractivity contribution in [2.75, 3.05) is 6.54 Å². The molecule has 11 heteroatoms. The van der Waals surface area contributed by atoms with Crippen LogP contribution in [0.5, 0.6) is 0 Å². The molecule has 0 aliphatic rings. The Labute approximate surface area is 104 Å². The zero-order valence-corrected chi connectivity index (χ0v) is 11.3. The second-order valence-electron chi connectivity index (χ2n) is 3.87. The van der Waals surface area contributed by atoms with E-state index in [-0.39, 0.29) is 19.4 Å². The van der Waals surface area contributed by atoms with Crippen LogP contribution in [-0.2, 0) is 13.9 Å². The Morgan fingerprint density at radius 3 is 1.83 bits per heavy atom. The maximum Gasteiger partial charge on any atom is 0.340 e. The number of nitrogens with two attached hydrogens (primary N) is 2. The lowest BCUT2D eigenvalue weighted by Gasteiger charge is -2.19. The van der Waals surface area contributed by atoms with Gasteiger partial charge in [0.05, 0.1) is 12.6 Å². The molecule has 0 aliphatic heterocycles. The van der Waals surface area contributed by atoms with Gasteiger partial charge in [-0.1, -0.05) is 0 Å². The summed E-state index contributed by atoms with van der Waals surface area (Å²) in [6.07, 6.45) is -0.347. The van der Waals surface area contributed by atoms with E-state index in [1.165, 1.54) is 0 Å². The zero-order chi connectivity index (χ0) is 14.6. The van der Waals surface area contributed by atoms with Crippen LogP contribution in [0.2, 0.25) is 0 Å². The number of Topliss-reactive ketones (excluding diaryl/α,β-unsaturated/α-hetero) is 1. The molecule has 0 rings (SSSR count). The summed E-state index contributed by atoms with van der Waals surface area (Å²) in [4.78, 5) is 46.4. The van der Waals surface area contributed by atoms with Crippen LogP contribution in [0.1, 0.15) is 19.3 Å². The topological polar surface area (TPSA) is 184 Å². The average Bonchev–Trinajstić information content (AvgIpc) is 2.19. The van der Waals surface area contributed by atoms with Gasteiger partial charge < -0.3 is 31.0 Å². The molecule has 0 aromatic rings. The van der Waals surface area contributed by atoms with Gasteiger partial charge in [-0.15, -0.1) is 0 Å².